The Hall–Kier alpha value is -4.09. The molecule has 12 nitrogen and oxygen atoms in total. The maximum absolute atomic E-state index is 13.6. The molecule has 0 radical (unpaired) electrons. The molecule has 0 aliphatic carbocycles. The summed E-state index contributed by atoms with van der Waals surface area (Å²) >= 11 is 0. The zero-order valence-corrected chi connectivity index (χ0v) is 25.6. The van der Waals surface area contributed by atoms with E-state index in [9.17, 15) is 19.2 Å². The van der Waals surface area contributed by atoms with E-state index in [1.807, 2.05) is 6.07 Å². The molecule has 42 heavy (non-hydrogen) atoms. The number of amides is 4. The Morgan fingerprint density at radius 2 is 1.81 bits per heavy atom. The molecule has 3 heterocycles. The van der Waals surface area contributed by atoms with Crippen LogP contribution in [0.25, 0.3) is 0 Å². The van der Waals surface area contributed by atoms with Gasteiger partial charge in [-0.1, -0.05) is 13.8 Å². The molecule has 1 atom stereocenters. The van der Waals surface area contributed by atoms with Gasteiger partial charge in [0.2, 0.25) is 5.91 Å². The third kappa shape index (κ3) is 8.95. The normalized spacial score (nSPS) is 18.3. The number of fused-ring (bicyclic) bond motifs is 18. The summed E-state index contributed by atoms with van der Waals surface area (Å²) in [5, 5.41) is 10.1. The largest absolute Gasteiger partial charge is 0.493 e. The summed E-state index contributed by atoms with van der Waals surface area (Å²) in [6, 6.07) is 5.80. The molecule has 2 N–H and O–H groups in total. The van der Waals surface area contributed by atoms with Gasteiger partial charge in [0.1, 0.15) is 11.7 Å². The van der Waals surface area contributed by atoms with Crippen molar-refractivity contribution in [3.8, 4) is 11.5 Å². The van der Waals surface area contributed by atoms with Gasteiger partial charge < -0.3 is 29.9 Å². The molecule has 12 heteroatoms. The zero-order valence-electron chi connectivity index (χ0n) is 25.6. The summed E-state index contributed by atoms with van der Waals surface area (Å²) in [4.78, 5) is 55.1. The van der Waals surface area contributed by atoms with E-state index in [0.717, 1.165) is 12.1 Å². The number of carbonyl (C=O) groups excluding carboxylic acids is 4. The number of likely N-dealkylation sites (N-methyl/N-ethyl adjacent to an activating group) is 1. The van der Waals surface area contributed by atoms with Crippen LogP contribution in [0.15, 0.2) is 24.3 Å². The lowest BCUT2D eigenvalue weighted by atomic mass is 10.1. The van der Waals surface area contributed by atoms with Crippen LogP contribution in [0, 0.1) is 5.92 Å². The van der Waals surface area contributed by atoms with Crippen molar-refractivity contribution in [2.75, 3.05) is 46.9 Å². The van der Waals surface area contributed by atoms with Gasteiger partial charge in [-0.3, -0.25) is 23.9 Å². The first kappa shape index (κ1) is 32.4. The Bertz CT molecular complexity index is 1260. The summed E-state index contributed by atoms with van der Waals surface area (Å²) in [6.07, 6.45) is 2.68. The van der Waals surface area contributed by atoms with Gasteiger partial charge in [0.15, 0.2) is 18.1 Å². The molecule has 0 fully saturated rings. The molecule has 0 unspecified atom stereocenters. The van der Waals surface area contributed by atoms with Crippen molar-refractivity contribution >= 4 is 23.6 Å². The molecule has 0 saturated carbocycles. The minimum atomic E-state index is -0.740. The van der Waals surface area contributed by atoms with Crippen molar-refractivity contribution in [1.29, 1.82) is 0 Å². The van der Waals surface area contributed by atoms with E-state index in [1.54, 1.807) is 53.7 Å². The second kappa shape index (κ2) is 15.2. The van der Waals surface area contributed by atoms with Crippen molar-refractivity contribution < 1.29 is 28.7 Å². The van der Waals surface area contributed by atoms with Crippen LogP contribution in [0.1, 0.15) is 66.6 Å². The Kier molecular flexibility index (Phi) is 11.8. The summed E-state index contributed by atoms with van der Waals surface area (Å²) in [5.74, 6) is -0.0731. The number of nitrogens with zero attached hydrogens (tertiary/aromatic N) is 4. The molecular formula is C30H44N6O6. The first-order chi connectivity index (χ1) is 20.0. The van der Waals surface area contributed by atoms with E-state index in [-0.39, 0.29) is 24.3 Å². The van der Waals surface area contributed by atoms with Crippen LogP contribution in [0.2, 0.25) is 0 Å². The van der Waals surface area contributed by atoms with Crippen LogP contribution in [-0.4, -0.2) is 96.2 Å². The molecule has 2 aromatic rings. The number of nitrogens with one attached hydrogen (secondary N) is 2. The Morgan fingerprint density at radius 1 is 1.10 bits per heavy atom. The topological polar surface area (TPSA) is 135 Å². The number of benzene rings is 1. The Labute approximate surface area is 247 Å². The van der Waals surface area contributed by atoms with Crippen molar-refractivity contribution in [1.82, 2.24) is 30.2 Å². The summed E-state index contributed by atoms with van der Waals surface area (Å²) in [5.41, 5.74) is 1.77. The fourth-order valence-electron chi connectivity index (χ4n) is 4.80. The number of carbonyl (C=O) groups is 4. The van der Waals surface area contributed by atoms with E-state index in [0.29, 0.717) is 74.1 Å². The number of aryl methyl sites for hydroxylation is 1. The van der Waals surface area contributed by atoms with E-state index in [1.165, 1.54) is 7.11 Å². The van der Waals surface area contributed by atoms with Crippen LogP contribution in [-0.2, 0) is 23.1 Å². The molecule has 1 aromatic carbocycles. The molecule has 230 valence electrons. The molecule has 2 aliphatic heterocycles. The third-order valence-electron chi connectivity index (χ3n) is 7.02. The van der Waals surface area contributed by atoms with Crippen molar-refractivity contribution in [3.63, 3.8) is 0 Å². The average molecular weight is 585 g/mol. The first-order valence-electron chi connectivity index (χ1n) is 14.5. The molecule has 2 aliphatic rings. The molecule has 4 amide bonds. The minimum absolute atomic E-state index is 0.120. The Balaban J connectivity index is 1.78. The highest BCUT2D eigenvalue weighted by atomic mass is 16.5. The zero-order chi connectivity index (χ0) is 30.8. The summed E-state index contributed by atoms with van der Waals surface area (Å²) < 4.78 is 12.6. The second-order valence-corrected chi connectivity index (χ2v) is 11.1. The highest BCUT2D eigenvalue weighted by Crippen LogP contribution is 2.28. The maximum atomic E-state index is 13.6. The van der Waals surface area contributed by atoms with Gasteiger partial charge in [-0.05, 0) is 62.8 Å². The molecular weight excluding hydrogens is 540 g/mol. The lowest BCUT2D eigenvalue weighted by Gasteiger charge is -2.25. The van der Waals surface area contributed by atoms with Crippen LogP contribution < -0.4 is 20.1 Å². The van der Waals surface area contributed by atoms with Gasteiger partial charge in [-0.25, -0.2) is 0 Å². The Morgan fingerprint density at radius 3 is 2.52 bits per heavy atom. The highest BCUT2D eigenvalue weighted by Gasteiger charge is 2.23. The lowest BCUT2D eigenvalue weighted by Crippen LogP contribution is -2.47. The fraction of sp³-hybridized carbons (Fsp3) is 0.567. The van der Waals surface area contributed by atoms with E-state index in [2.05, 4.69) is 29.6 Å². The average Bonchev–Trinajstić information content (AvgIpc) is 3.32. The standard InChI is InChI=1S/C30H44N6O6/c1-20(2)16-23-18-24(35(5)33-23)30(40)36-14-8-7-13-34(4)29(39)21(3)32-27(37)19-42-25-11-10-22(17-26(25)41-6)28(38)31-12-9-15-36/h10-11,17-18,20-21H,7-9,12-16,19H2,1-6H3,(H,31,38)(H,32,37)/t21-/m0/s1. The highest BCUT2D eigenvalue weighted by molar-refractivity contribution is 5.95. The van der Waals surface area contributed by atoms with Gasteiger partial charge >= 0.3 is 0 Å². The molecule has 2 bridgehead atoms. The number of ether oxygens (including phenoxy) is 2. The van der Waals surface area contributed by atoms with Crippen molar-refractivity contribution in [2.24, 2.45) is 13.0 Å². The third-order valence-corrected chi connectivity index (χ3v) is 7.02. The summed E-state index contributed by atoms with van der Waals surface area (Å²) in [6.45, 7) is 7.30. The SMILES string of the molecule is COc1cc2ccc1OCC(=O)N[C@@H](C)C(=O)N(C)CCCCN(C(=O)c1cc(CC(C)C)nn1C)CCCNC2=O. The predicted octanol–water partition coefficient (Wildman–Crippen LogP) is 2.03. The number of hydrogen-bond acceptors (Lipinski definition) is 7. The van der Waals surface area contributed by atoms with Crippen molar-refractivity contribution in [2.45, 2.75) is 52.5 Å². The van der Waals surface area contributed by atoms with Gasteiger partial charge in [-0.15, -0.1) is 0 Å². The molecule has 0 spiro atoms. The number of hydrogen-bond donors (Lipinski definition) is 2. The van der Waals surface area contributed by atoms with Crippen LogP contribution >= 0.6 is 0 Å². The van der Waals surface area contributed by atoms with E-state index >= 15 is 0 Å². The number of rotatable bonds is 4. The van der Waals surface area contributed by atoms with Crippen LogP contribution in [0.5, 0.6) is 11.5 Å². The molecule has 4 rings (SSSR count). The minimum Gasteiger partial charge on any atom is -0.493 e. The number of methoxy groups -OCH3 is 1. The van der Waals surface area contributed by atoms with Gasteiger partial charge in [-0.2, -0.15) is 5.10 Å². The summed E-state index contributed by atoms with van der Waals surface area (Å²) in [7, 11) is 4.92. The van der Waals surface area contributed by atoms with Gasteiger partial charge in [0.05, 0.1) is 12.8 Å². The fourth-order valence-corrected chi connectivity index (χ4v) is 4.80. The molecule has 1 aromatic heterocycles. The second-order valence-electron chi connectivity index (χ2n) is 11.1. The van der Waals surface area contributed by atoms with E-state index < -0.39 is 11.9 Å². The smallest absolute Gasteiger partial charge is 0.272 e. The number of aromatic nitrogens is 2. The maximum Gasteiger partial charge on any atom is 0.272 e. The van der Waals surface area contributed by atoms with Gasteiger partial charge in [0, 0.05) is 45.8 Å². The van der Waals surface area contributed by atoms with Crippen LogP contribution in [0.3, 0.4) is 0 Å². The molecule has 0 saturated heterocycles. The van der Waals surface area contributed by atoms with Gasteiger partial charge in [0.25, 0.3) is 17.7 Å². The van der Waals surface area contributed by atoms with Crippen molar-refractivity contribution in [3.05, 3.63) is 41.2 Å². The predicted molar refractivity (Wildman–Crippen MR) is 158 cm³/mol. The lowest BCUT2D eigenvalue weighted by molar-refractivity contribution is -0.135. The monoisotopic (exact) mass is 584 g/mol. The quantitative estimate of drug-likeness (QED) is 0.525. The first-order valence-corrected chi connectivity index (χ1v) is 14.5. The van der Waals surface area contributed by atoms with E-state index in [4.69, 9.17) is 9.47 Å². The van der Waals surface area contributed by atoms with Crippen LogP contribution in [0.4, 0.5) is 0 Å².